The molecule has 0 aliphatic rings. The molecule has 2 rings (SSSR count). The first-order valence-corrected chi connectivity index (χ1v) is 8.46. The summed E-state index contributed by atoms with van der Waals surface area (Å²) in [6.45, 7) is 0.568. The summed E-state index contributed by atoms with van der Waals surface area (Å²) >= 11 is 3.39. The summed E-state index contributed by atoms with van der Waals surface area (Å²) in [7, 11) is 1.58. The van der Waals surface area contributed by atoms with E-state index in [4.69, 9.17) is 9.47 Å². The van der Waals surface area contributed by atoms with Crippen molar-refractivity contribution in [3.05, 3.63) is 58.1 Å². The molecular formula is C18H18BrF2NO3. The Labute approximate surface area is 153 Å². The maximum Gasteiger partial charge on any atom is 0.220 e. The van der Waals surface area contributed by atoms with Crippen molar-refractivity contribution in [2.75, 3.05) is 13.7 Å². The van der Waals surface area contributed by atoms with E-state index in [1.807, 2.05) is 18.2 Å². The van der Waals surface area contributed by atoms with Crippen LogP contribution in [0.5, 0.6) is 11.5 Å². The van der Waals surface area contributed by atoms with Crippen LogP contribution in [0.1, 0.15) is 18.4 Å². The van der Waals surface area contributed by atoms with Crippen LogP contribution in [-0.4, -0.2) is 19.6 Å². The highest BCUT2D eigenvalue weighted by molar-refractivity contribution is 9.10. The van der Waals surface area contributed by atoms with Crippen molar-refractivity contribution in [3.8, 4) is 11.5 Å². The van der Waals surface area contributed by atoms with Crippen LogP contribution in [0.15, 0.2) is 40.9 Å². The average molecular weight is 414 g/mol. The Hall–Kier alpha value is -2.15. The van der Waals surface area contributed by atoms with Crippen molar-refractivity contribution in [2.45, 2.75) is 19.4 Å². The molecule has 0 aliphatic carbocycles. The molecule has 25 heavy (non-hydrogen) atoms. The van der Waals surface area contributed by atoms with Crippen molar-refractivity contribution in [1.29, 1.82) is 0 Å². The van der Waals surface area contributed by atoms with E-state index in [-0.39, 0.29) is 24.7 Å². The average Bonchev–Trinajstić information content (AvgIpc) is 2.58. The van der Waals surface area contributed by atoms with E-state index in [0.29, 0.717) is 13.0 Å². The number of ether oxygens (including phenoxy) is 2. The first kappa shape index (κ1) is 19.2. The molecule has 0 radical (unpaired) electrons. The Kier molecular flexibility index (Phi) is 7.18. The van der Waals surface area contributed by atoms with Crippen LogP contribution in [0.25, 0.3) is 0 Å². The van der Waals surface area contributed by atoms with Gasteiger partial charge in [0, 0.05) is 19.0 Å². The molecule has 7 heteroatoms. The standard InChI is InChI=1S/C18H18BrF2NO3/c1-24-16-6-4-12(9-14(16)19)11-22-18(23)3-2-8-25-17-7-5-13(20)10-15(17)21/h4-7,9-10H,2-3,8,11H2,1H3,(H,22,23). The van der Waals surface area contributed by atoms with E-state index in [0.717, 1.165) is 27.9 Å². The van der Waals surface area contributed by atoms with Gasteiger partial charge in [-0.05, 0) is 52.2 Å². The first-order valence-electron chi connectivity index (χ1n) is 7.66. The lowest BCUT2D eigenvalue weighted by molar-refractivity contribution is -0.121. The molecule has 2 aromatic rings. The molecular weight excluding hydrogens is 396 g/mol. The van der Waals surface area contributed by atoms with Crippen LogP contribution >= 0.6 is 15.9 Å². The maximum atomic E-state index is 13.4. The minimum atomic E-state index is -0.755. The van der Waals surface area contributed by atoms with Crippen LogP contribution in [0.3, 0.4) is 0 Å². The number of nitrogens with one attached hydrogen (secondary N) is 1. The summed E-state index contributed by atoms with van der Waals surface area (Å²) in [6, 6.07) is 8.67. The molecule has 134 valence electrons. The molecule has 0 spiro atoms. The van der Waals surface area contributed by atoms with E-state index in [1.54, 1.807) is 7.11 Å². The minimum absolute atomic E-state index is 0.0232. The Bertz CT molecular complexity index is 740. The summed E-state index contributed by atoms with van der Waals surface area (Å²) in [6.07, 6.45) is 0.676. The number of methoxy groups -OCH3 is 1. The van der Waals surface area contributed by atoms with Crippen LogP contribution in [0.4, 0.5) is 8.78 Å². The van der Waals surface area contributed by atoms with Crippen molar-refractivity contribution in [3.63, 3.8) is 0 Å². The molecule has 0 unspecified atom stereocenters. The van der Waals surface area contributed by atoms with Gasteiger partial charge in [-0.2, -0.15) is 0 Å². The molecule has 0 heterocycles. The Morgan fingerprint density at radius 3 is 2.60 bits per heavy atom. The molecule has 0 saturated carbocycles. The molecule has 0 saturated heterocycles. The van der Waals surface area contributed by atoms with Gasteiger partial charge in [-0.1, -0.05) is 6.07 Å². The molecule has 0 aromatic heterocycles. The Morgan fingerprint density at radius 1 is 1.16 bits per heavy atom. The van der Waals surface area contributed by atoms with Gasteiger partial charge >= 0.3 is 0 Å². The lowest BCUT2D eigenvalue weighted by atomic mass is 10.2. The van der Waals surface area contributed by atoms with Crippen molar-refractivity contribution >= 4 is 21.8 Å². The first-order chi connectivity index (χ1) is 12.0. The molecule has 0 aliphatic heterocycles. The second-order valence-electron chi connectivity index (χ2n) is 5.27. The van der Waals surface area contributed by atoms with Crippen molar-refractivity contribution in [2.24, 2.45) is 0 Å². The van der Waals surface area contributed by atoms with E-state index < -0.39 is 11.6 Å². The summed E-state index contributed by atoms with van der Waals surface area (Å²) in [5, 5.41) is 2.80. The Morgan fingerprint density at radius 2 is 1.92 bits per heavy atom. The van der Waals surface area contributed by atoms with Crippen molar-refractivity contribution < 1.29 is 23.0 Å². The van der Waals surface area contributed by atoms with E-state index in [1.165, 1.54) is 6.07 Å². The number of hydrogen-bond donors (Lipinski definition) is 1. The van der Waals surface area contributed by atoms with Crippen molar-refractivity contribution in [1.82, 2.24) is 5.32 Å². The van der Waals surface area contributed by atoms with Gasteiger partial charge in [-0.3, -0.25) is 4.79 Å². The van der Waals surface area contributed by atoms with Gasteiger partial charge in [-0.25, -0.2) is 8.78 Å². The second kappa shape index (κ2) is 9.36. The largest absolute Gasteiger partial charge is 0.496 e. The summed E-state index contributed by atoms with van der Waals surface area (Å²) in [4.78, 5) is 11.8. The topological polar surface area (TPSA) is 47.6 Å². The fraction of sp³-hybridized carbons (Fsp3) is 0.278. The number of halogens is 3. The zero-order valence-corrected chi connectivity index (χ0v) is 15.2. The van der Waals surface area contributed by atoms with Gasteiger partial charge in [0.2, 0.25) is 5.91 Å². The number of carbonyl (C=O) groups is 1. The van der Waals surface area contributed by atoms with Crippen LogP contribution < -0.4 is 14.8 Å². The minimum Gasteiger partial charge on any atom is -0.496 e. The number of carbonyl (C=O) groups excluding carboxylic acids is 1. The molecule has 4 nitrogen and oxygen atoms in total. The van der Waals surface area contributed by atoms with Gasteiger partial charge in [0.15, 0.2) is 11.6 Å². The summed E-state index contributed by atoms with van der Waals surface area (Å²) in [5.74, 6) is -0.843. The fourth-order valence-electron chi connectivity index (χ4n) is 2.12. The number of rotatable bonds is 8. The predicted molar refractivity (Wildman–Crippen MR) is 93.6 cm³/mol. The van der Waals surface area contributed by atoms with E-state index in [9.17, 15) is 13.6 Å². The number of hydrogen-bond acceptors (Lipinski definition) is 3. The van der Waals surface area contributed by atoms with Gasteiger partial charge in [-0.15, -0.1) is 0 Å². The molecule has 1 amide bonds. The lowest BCUT2D eigenvalue weighted by Gasteiger charge is -2.09. The Balaban J connectivity index is 1.69. The molecule has 0 bridgehead atoms. The zero-order chi connectivity index (χ0) is 18.2. The zero-order valence-electron chi connectivity index (χ0n) is 13.7. The number of amides is 1. The van der Waals surface area contributed by atoms with Gasteiger partial charge in [0.1, 0.15) is 11.6 Å². The third kappa shape index (κ3) is 6.01. The van der Waals surface area contributed by atoms with Crippen LogP contribution in [-0.2, 0) is 11.3 Å². The highest BCUT2D eigenvalue weighted by Crippen LogP contribution is 2.25. The molecule has 1 N–H and O–H groups in total. The van der Waals surface area contributed by atoms with Gasteiger partial charge in [0.05, 0.1) is 18.2 Å². The second-order valence-corrected chi connectivity index (χ2v) is 6.13. The molecule has 0 atom stereocenters. The smallest absolute Gasteiger partial charge is 0.220 e. The molecule has 0 fully saturated rings. The highest BCUT2D eigenvalue weighted by Gasteiger charge is 2.07. The highest BCUT2D eigenvalue weighted by atomic mass is 79.9. The van der Waals surface area contributed by atoms with E-state index in [2.05, 4.69) is 21.2 Å². The number of benzene rings is 2. The lowest BCUT2D eigenvalue weighted by Crippen LogP contribution is -2.23. The predicted octanol–water partition coefficient (Wildman–Crippen LogP) is 4.21. The monoisotopic (exact) mass is 413 g/mol. The van der Waals surface area contributed by atoms with Crippen LogP contribution in [0.2, 0.25) is 0 Å². The summed E-state index contributed by atoms with van der Waals surface area (Å²) in [5.41, 5.74) is 0.936. The van der Waals surface area contributed by atoms with E-state index >= 15 is 0 Å². The normalized spacial score (nSPS) is 10.4. The third-order valence-corrected chi connectivity index (χ3v) is 4.03. The third-order valence-electron chi connectivity index (χ3n) is 3.41. The van der Waals surface area contributed by atoms with Gasteiger partial charge in [0.25, 0.3) is 0 Å². The molecule has 2 aromatic carbocycles. The summed E-state index contributed by atoms with van der Waals surface area (Å²) < 4.78 is 37.3. The van der Waals surface area contributed by atoms with Crippen LogP contribution in [0, 0.1) is 11.6 Å². The fourth-order valence-corrected chi connectivity index (χ4v) is 2.70. The quantitative estimate of drug-likeness (QED) is 0.659. The maximum absolute atomic E-state index is 13.4. The van der Waals surface area contributed by atoms with Gasteiger partial charge < -0.3 is 14.8 Å². The SMILES string of the molecule is COc1ccc(CNC(=O)CCCOc2ccc(F)cc2F)cc1Br.